The van der Waals surface area contributed by atoms with Gasteiger partial charge >= 0.3 is 5.97 Å². The summed E-state index contributed by atoms with van der Waals surface area (Å²) < 4.78 is 21.7. The molecular formula is C24H17ClO6. The second-order valence-corrected chi connectivity index (χ2v) is 7.02. The topological polar surface area (TPSA) is 71.1 Å². The molecule has 0 unspecified atom stereocenters. The van der Waals surface area contributed by atoms with Gasteiger partial charge in [-0.3, -0.25) is 4.79 Å². The standard InChI is InChI=1S/C24H17ClO6/c1-28-18-7-4-8-19(29-2)22(18)24(27)30-16-9-10-17-20(13-16)31-21(23(17)26)12-14-5-3-6-15(25)11-14/h3-13H,1-2H3. The fraction of sp³-hybridized carbons (Fsp3) is 0.0833. The Morgan fingerprint density at radius 1 is 0.968 bits per heavy atom. The number of carbonyl (C=O) groups excluding carboxylic acids is 2. The van der Waals surface area contributed by atoms with Gasteiger partial charge in [0.15, 0.2) is 5.76 Å². The zero-order valence-electron chi connectivity index (χ0n) is 16.7. The summed E-state index contributed by atoms with van der Waals surface area (Å²) in [4.78, 5) is 25.4. The summed E-state index contributed by atoms with van der Waals surface area (Å²) in [5.74, 6) is 0.399. The van der Waals surface area contributed by atoms with E-state index in [1.807, 2.05) is 6.07 Å². The number of esters is 1. The number of hydrogen-bond acceptors (Lipinski definition) is 6. The predicted molar refractivity (Wildman–Crippen MR) is 115 cm³/mol. The van der Waals surface area contributed by atoms with Gasteiger partial charge < -0.3 is 18.9 Å². The summed E-state index contributed by atoms with van der Waals surface area (Å²) in [5, 5.41) is 0.554. The number of Topliss-reactive ketones (excluding diaryl/α,β-unsaturated/α-hetero) is 1. The van der Waals surface area contributed by atoms with Crippen LogP contribution in [0, 0.1) is 0 Å². The lowest BCUT2D eigenvalue weighted by Crippen LogP contribution is -2.12. The molecule has 0 aliphatic carbocycles. The first-order valence-corrected chi connectivity index (χ1v) is 9.65. The minimum Gasteiger partial charge on any atom is -0.496 e. The van der Waals surface area contributed by atoms with E-state index in [-0.39, 0.29) is 22.9 Å². The second-order valence-electron chi connectivity index (χ2n) is 6.58. The number of carbonyl (C=O) groups is 2. The smallest absolute Gasteiger partial charge is 0.351 e. The first kappa shape index (κ1) is 20.5. The highest BCUT2D eigenvalue weighted by atomic mass is 35.5. The lowest BCUT2D eigenvalue weighted by Gasteiger charge is -2.12. The second kappa shape index (κ2) is 8.53. The Kier molecular flexibility index (Phi) is 5.64. The number of ether oxygens (including phenoxy) is 4. The largest absolute Gasteiger partial charge is 0.496 e. The van der Waals surface area contributed by atoms with Crippen LogP contribution in [0.15, 0.2) is 66.4 Å². The molecule has 1 aliphatic heterocycles. The van der Waals surface area contributed by atoms with E-state index < -0.39 is 5.97 Å². The minimum atomic E-state index is -0.659. The fourth-order valence-electron chi connectivity index (χ4n) is 3.19. The molecule has 1 aliphatic rings. The molecule has 4 rings (SSSR count). The molecule has 3 aromatic carbocycles. The van der Waals surface area contributed by atoms with Crippen molar-refractivity contribution in [2.24, 2.45) is 0 Å². The van der Waals surface area contributed by atoms with Crippen LogP contribution in [0.5, 0.6) is 23.0 Å². The van der Waals surface area contributed by atoms with E-state index in [0.29, 0.717) is 27.8 Å². The lowest BCUT2D eigenvalue weighted by molar-refractivity contribution is 0.0727. The maximum absolute atomic E-state index is 12.8. The number of fused-ring (bicyclic) bond motifs is 1. The van der Waals surface area contributed by atoms with Crippen molar-refractivity contribution in [3.63, 3.8) is 0 Å². The molecule has 0 radical (unpaired) electrons. The highest BCUT2D eigenvalue weighted by Gasteiger charge is 2.28. The van der Waals surface area contributed by atoms with Gasteiger partial charge in [-0.05, 0) is 48.0 Å². The van der Waals surface area contributed by atoms with Gasteiger partial charge in [-0.1, -0.05) is 29.8 Å². The highest BCUT2D eigenvalue weighted by Crippen LogP contribution is 2.36. The summed E-state index contributed by atoms with van der Waals surface area (Å²) in [6.45, 7) is 0. The van der Waals surface area contributed by atoms with Crippen LogP contribution in [0.4, 0.5) is 0 Å². The van der Waals surface area contributed by atoms with Crippen molar-refractivity contribution in [3.05, 3.63) is 88.1 Å². The third-order valence-electron chi connectivity index (χ3n) is 4.63. The van der Waals surface area contributed by atoms with E-state index in [0.717, 1.165) is 5.56 Å². The Bertz CT molecular complexity index is 1190. The van der Waals surface area contributed by atoms with Crippen LogP contribution in [-0.2, 0) is 0 Å². The first-order valence-electron chi connectivity index (χ1n) is 9.27. The van der Waals surface area contributed by atoms with Crippen molar-refractivity contribution >= 4 is 29.4 Å². The van der Waals surface area contributed by atoms with Gasteiger partial charge in [0, 0.05) is 11.1 Å². The molecule has 3 aromatic rings. The van der Waals surface area contributed by atoms with Gasteiger partial charge in [0.25, 0.3) is 0 Å². The SMILES string of the molecule is COc1cccc(OC)c1C(=O)Oc1ccc2c(c1)OC(=Cc1cccc(Cl)c1)C2=O. The summed E-state index contributed by atoms with van der Waals surface area (Å²) >= 11 is 6.00. The third-order valence-corrected chi connectivity index (χ3v) is 4.87. The molecule has 0 amide bonds. The summed E-state index contributed by atoms with van der Waals surface area (Å²) in [6.07, 6.45) is 1.61. The van der Waals surface area contributed by atoms with Gasteiger partial charge in [-0.25, -0.2) is 4.79 Å². The maximum Gasteiger partial charge on any atom is 0.351 e. The molecule has 0 saturated heterocycles. The summed E-state index contributed by atoms with van der Waals surface area (Å²) in [6, 6.07) is 16.6. The maximum atomic E-state index is 12.8. The highest BCUT2D eigenvalue weighted by molar-refractivity contribution is 6.30. The molecule has 156 valence electrons. The van der Waals surface area contributed by atoms with Gasteiger partial charge in [0.1, 0.15) is 28.6 Å². The molecule has 31 heavy (non-hydrogen) atoms. The van der Waals surface area contributed by atoms with Gasteiger partial charge in [0.05, 0.1) is 19.8 Å². The number of halogens is 1. The minimum absolute atomic E-state index is 0.159. The van der Waals surface area contributed by atoms with Gasteiger partial charge in [-0.15, -0.1) is 0 Å². The third kappa shape index (κ3) is 4.11. The normalized spacial score (nSPS) is 13.5. The molecule has 0 spiro atoms. The molecular weight excluding hydrogens is 420 g/mol. The van der Waals surface area contributed by atoms with Crippen LogP contribution in [0.2, 0.25) is 5.02 Å². The average Bonchev–Trinajstić information content (AvgIpc) is 3.07. The van der Waals surface area contributed by atoms with Crippen molar-refractivity contribution in [1.82, 2.24) is 0 Å². The van der Waals surface area contributed by atoms with E-state index in [4.69, 9.17) is 30.5 Å². The van der Waals surface area contributed by atoms with E-state index >= 15 is 0 Å². The van der Waals surface area contributed by atoms with E-state index in [1.165, 1.54) is 26.4 Å². The van der Waals surface area contributed by atoms with Crippen LogP contribution in [0.1, 0.15) is 26.3 Å². The van der Waals surface area contributed by atoms with Crippen LogP contribution in [-0.4, -0.2) is 26.0 Å². The van der Waals surface area contributed by atoms with Crippen molar-refractivity contribution in [1.29, 1.82) is 0 Å². The van der Waals surface area contributed by atoms with E-state index in [1.54, 1.807) is 48.5 Å². The Balaban J connectivity index is 1.59. The van der Waals surface area contributed by atoms with Crippen molar-refractivity contribution in [2.45, 2.75) is 0 Å². The van der Waals surface area contributed by atoms with E-state index in [2.05, 4.69) is 0 Å². The predicted octanol–water partition coefficient (Wildman–Crippen LogP) is 5.19. The molecule has 1 heterocycles. The Morgan fingerprint density at radius 2 is 1.68 bits per heavy atom. The number of rotatable bonds is 5. The molecule has 0 fully saturated rings. The molecule has 6 nitrogen and oxygen atoms in total. The zero-order valence-corrected chi connectivity index (χ0v) is 17.4. The van der Waals surface area contributed by atoms with E-state index in [9.17, 15) is 9.59 Å². The molecule has 7 heteroatoms. The van der Waals surface area contributed by atoms with Crippen LogP contribution in [0.3, 0.4) is 0 Å². The summed E-state index contributed by atoms with van der Waals surface area (Å²) in [5.41, 5.74) is 1.27. The average molecular weight is 437 g/mol. The molecule has 0 aromatic heterocycles. The first-order chi connectivity index (χ1) is 15.0. The quantitative estimate of drug-likeness (QED) is 0.311. The van der Waals surface area contributed by atoms with Crippen LogP contribution < -0.4 is 18.9 Å². The number of benzene rings is 3. The molecule has 0 saturated carbocycles. The number of allylic oxidation sites excluding steroid dienone is 1. The van der Waals surface area contributed by atoms with Gasteiger partial charge in [0.2, 0.25) is 5.78 Å². The lowest BCUT2D eigenvalue weighted by atomic mass is 10.1. The van der Waals surface area contributed by atoms with Crippen LogP contribution >= 0.6 is 11.6 Å². The molecule has 0 bridgehead atoms. The monoisotopic (exact) mass is 436 g/mol. The van der Waals surface area contributed by atoms with Crippen LogP contribution in [0.25, 0.3) is 6.08 Å². The number of methoxy groups -OCH3 is 2. The Hall–Kier alpha value is -3.77. The summed E-state index contributed by atoms with van der Waals surface area (Å²) in [7, 11) is 2.91. The zero-order chi connectivity index (χ0) is 22.0. The van der Waals surface area contributed by atoms with Crippen molar-refractivity contribution in [2.75, 3.05) is 14.2 Å². The van der Waals surface area contributed by atoms with Gasteiger partial charge in [-0.2, -0.15) is 0 Å². The Labute approximate surface area is 183 Å². The fourth-order valence-corrected chi connectivity index (χ4v) is 3.39. The molecule has 0 atom stereocenters. The number of hydrogen-bond donors (Lipinski definition) is 0. The number of ketones is 1. The van der Waals surface area contributed by atoms with Crippen molar-refractivity contribution in [3.8, 4) is 23.0 Å². The van der Waals surface area contributed by atoms with Crippen molar-refractivity contribution < 1.29 is 28.5 Å². The Morgan fingerprint density at radius 3 is 2.35 bits per heavy atom. The molecule has 0 N–H and O–H groups in total.